The first-order chi connectivity index (χ1) is 9.70. The maximum atomic E-state index is 5.50. The SMILES string of the molecule is Cc1nc(-c2ccc(NCc3ccc(I)o3)cc2)co1. The Morgan fingerprint density at radius 3 is 2.55 bits per heavy atom. The van der Waals surface area contributed by atoms with Gasteiger partial charge in [-0.25, -0.2) is 4.98 Å². The van der Waals surface area contributed by atoms with Crippen LogP contribution in [0.2, 0.25) is 0 Å². The van der Waals surface area contributed by atoms with Crippen LogP contribution < -0.4 is 5.32 Å². The number of anilines is 1. The van der Waals surface area contributed by atoms with E-state index in [4.69, 9.17) is 8.83 Å². The Morgan fingerprint density at radius 1 is 1.15 bits per heavy atom. The first-order valence-corrected chi connectivity index (χ1v) is 7.29. The maximum Gasteiger partial charge on any atom is 0.191 e. The Balaban J connectivity index is 1.67. The molecule has 3 rings (SSSR count). The molecule has 3 aromatic rings. The van der Waals surface area contributed by atoms with Gasteiger partial charge in [-0.05, 0) is 46.9 Å². The molecule has 1 N–H and O–H groups in total. The topological polar surface area (TPSA) is 51.2 Å². The molecule has 0 bridgehead atoms. The molecule has 2 heterocycles. The first kappa shape index (κ1) is 13.2. The van der Waals surface area contributed by atoms with Gasteiger partial charge in [-0.1, -0.05) is 12.1 Å². The molecule has 0 spiro atoms. The molecular weight excluding hydrogens is 367 g/mol. The van der Waals surface area contributed by atoms with Gasteiger partial charge in [0.15, 0.2) is 9.66 Å². The second kappa shape index (κ2) is 5.70. The molecule has 2 aromatic heterocycles. The zero-order valence-corrected chi connectivity index (χ0v) is 13.0. The van der Waals surface area contributed by atoms with E-state index < -0.39 is 0 Å². The molecule has 20 heavy (non-hydrogen) atoms. The van der Waals surface area contributed by atoms with Crippen LogP contribution in [0.4, 0.5) is 5.69 Å². The van der Waals surface area contributed by atoms with Crippen molar-refractivity contribution in [3.8, 4) is 11.3 Å². The van der Waals surface area contributed by atoms with Crippen LogP contribution in [0, 0.1) is 10.7 Å². The summed E-state index contributed by atoms with van der Waals surface area (Å²) in [6.07, 6.45) is 1.67. The molecule has 0 radical (unpaired) electrons. The van der Waals surface area contributed by atoms with Crippen LogP contribution >= 0.6 is 22.6 Å². The van der Waals surface area contributed by atoms with E-state index in [-0.39, 0.29) is 0 Å². The number of rotatable bonds is 4. The summed E-state index contributed by atoms with van der Waals surface area (Å²) in [5, 5.41) is 3.32. The monoisotopic (exact) mass is 380 g/mol. The fourth-order valence-electron chi connectivity index (χ4n) is 1.89. The van der Waals surface area contributed by atoms with Gasteiger partial charge in [0.1, 0.15) is 17.7 Å². The number of aryl methyl sites for hydroxylation is 1. The van der Waals surface area contributed by atoms with Gasteiger partial charge in [0.2, 0.25) is 0 Å². The number of furan rings is 1. The van der Waals surface area contributed by atoms with Crippen LogP contribution in [0.25, 0.3) is 11.3 Å². The second-order valence-electron chi connectivity index (χ2n) is 4.39. The van der Waals surface area contributed by atoms with E-state index in [1.165, 1.54) is 0 Å². The van der Waals surface area contributed by atoms with E-state index in [2.05, 4.69) is 32.9 Å². The predicted molar refractivity (Wildman–Crippen MR) is 85.4 cm³/mol. The molecule has 0 unspecified atom stereocenters. The fraction of sp³-hybridized carbons (Fsp3) is 0.133. The molecule has 0 atom stereocenters. The van der Waals surface area contributed by atoms with E-state index in [0.29, 0.717) is 12.4 Å². The summed E-state index contributed by atoms with van der Waals surface area (Å²) in [4.78, 5) is 4.30. The van der Waals surface area contributed by atoms with E-state index in [1.807, 2.05) is 43.3 Å². The first-order valence-electron chi connectivity index (χ1n) is 6.21. The van der Waals surface area contributed by atoms with Crippen molar-refractivity contribution >= 4 is 28.3 Å². The van der Waals surface area contributed by atoms with Crippen LogP contribution in [-0.4, -0.2) is 4.98 Å². The summed E-state index contributed by atoms with van der Waals surface area (Å²) < 4.78 is 11.6. The predicted octanol–water partition coefficient (Wildman–Crippen LogP) is 4.46. The van der Waals surface area contributed by atoms with Crippen molar-refractivity contribution < 1.29 is 8.83 Å². The molecule has 0 fully saturated rings. The average molecular weight is 380 g/mol. The Labute approximate surface area is 130 Å². The summed E-state index contributed by atoms with van der Waals surface area (Å²) >= 11 is 2.16. The molecule has 0 aliphatic rings. The Morgan fingerprint density at radius 2 is 1.95 bits per heavy atom. The summed E-state index contributed by atoms with van der Waals surface area (Å²) in [6.45, 7) is 2.51. The number of hydrogen-bond acceptors (Lipinski definition) is 4. The van der Waals surface area contributed by atoms with Gasteiger partial charge >= 0.3 is 0 Å². The molecule has 102 valence electrons. The molecule has 4 nitrogen and oxygen atoms in total. The van der Waals surface area contributed by atoms with Crippen LogP contribution in [-0.2, 0) is 6.54 Å². The molecule has 0 amide bonds. The quantitative estimate of drug-likeness (QED) is 0.679. The second-order valence-corrected chi connectivity index (χ2v) is 5.45. The van der Waals surface area contributed by atoms with Crippen molar-refractivity contribution in [1.82, 2.24) is 4.98 Å². The van der Waals surface area contributed by atoms with E-state index in [9.17, 15) is 0 Å². The van der Waals surface area contributed by atoms with Crippen LogP contribution in [0.1, 0.15) is 11.7 Å². The van der Waals surface area contributed by atoms with Gasteiger partial charge in [-0.3, -0.25) is 0 Å². The number of benzene rings is 1. The third-order valence-electron chi connectivity index (χ3n) is 2.90. The van der Waals surface area contributed by atoms with Crippen molar-refractivity contribution in [1.29, 1.82) is 0 Å². The van der Waals surface area contributed by atoms with Crippen LogP contribution in [0.3, 0.4) is 0 Å². The number of oxazole rings is 1. The Kier molecular flexibility index (Phi) is 3.77. The molecular formula is C15H13IN2O2. The number of aromatic nitrogens is 1. The third kappa shape index (κ3) is 3.04. The van der Waals surface area contributed by atoms with Crippen LogP contribution in [0.15, 0.2) is 51.5 Å². The molecule has 1 aromatic carbocycles. The van der Waals surface area contributed by atoms with E-state index in [1.54, 1.807) is 6.26 Å². The van der Waals surface area contributed by atoms with Gasteiger partial charge in [0.25, 0.3) is 0 Å². The maximum absolute atomic E-state index is 5.50. The minimum atomic E-state index is 0.672. The minimum absolute atomic E-state index is 0.672. The van der Waals surface area contributed by atoms with Crippen molar-refractivity contribution in [2.45, 2.75) is 13.5 Å². The lowest BCUT2D eigenvalue weighted by atomic mass is 10.1. The molecule has 0 aliphatic carbocycles. The normalized spacial score (nSPS) is 10.7. The molecule has 0 saturated heterocycles. The summed E-state index contributed by atoms with van der Waals surface area (Å²) in [5.74, 6) is 1.60. The lowest BCUT2D eigenvalue weighted by Gasteiger charge is -2.05. The number of nitrogens with one attached hydrogen (secondary N) is 1. The summed E-state index contributed by atoms with van der Waals surface area (Å²) in [5.41, 5.74) is 2.94. The van der Waals surface area contributed by atoms with Gasteiger partial charge in [-0.15, -0.1) is 0 Å². The zero-order valence-electron chi connectivity index (χ0n) is 10.9. The standard InChI is InChI=1S/C15H13IN2O2/c1-10-18-14(9-19-10)11-2-4-12(5-3-11)17-8-13-6-7-15(16)20-13/h2-7,9,17H,8H2,1H3. The lowest BCUT2D eigenvalue weighted by Crippen LogP contribution is -1.97. The number of halogens is 1. The van der Waals surface area contributed by atoms with E-state index in [0.717, 1.165) is 26.5 Å². The van der Waals surface area contributed by atoms with Crippen molar-refractivity contribution in [3.63, 3.8) is 0 Å². The molecule has 5 heteroatoms. The smallest absolute Gasteiger partial charge is 0.191 e. The highest BCUT2D eigenvalue weighted by Gasteiger charge is 2.04. The van der Waals surface area contributed by atoms with Crippen molar-refractivity contribution in [3.05, 3.63) is 58.1 Å². The highest BCUT2D eigenvalue weighted by atomic mass is 127. The third-order valence-corrected chi connectivity index (χ3v) is 3.48. The highest BCUT2D eigenvalue weighted by molar-refractivity contribution is 14.1. The van der Waals surface area contributed by atoms with E-state index >= 15 is 0 Å². The van der Waals surface area contributed by atoms with Gasteiger partial charge in [0.05, 0.1) is 6.54 Å². The van der Waals surface area contributed by atoms with Gasteiger partial charge in [-0.2, -0.15) is 0 Å². The highest BCUT2D eigenvalue weighted by Crippen LogP contribution is 2.21. The summed E-state index contributed by atoms with van der Waals surface area (Å²) in [6, 6.07) is 12.0. The van der Waals surface area contributed by atoms with Gasteiger partial charge < -0.3 is 14.2 Å². The van der Waals surface area contributed by atoms with Crippen molar-refractivity contribution in [2.75, 3.05) is 5.32 Å². The van der Waals surface area contributed by atoms with Crippen molar-refractivity contribution in [2.24, 2.45) is 0 Å². The minimum Gasteiger partial charge on any atom is -0.454 e. The largest absolute Gasteiger partial charge is 0.454 e. The Bertz CT molecular complexity index is 701. The zero-order chi connectivity index (χ0) is 13.9. The summed E-state index contributed by atoms with van der Waals surface area (Å²) in [7, 11) is 0. The number of hydrogen-bond donors (Lipinski definition) is 1. The Hall–Kier alpha value is -1.76. The number of nitrogens with zero attached hydrogens (tertiary/aromatic N) is 1. The average Bonchev–Trinajstić information content (AvgIpc) is 3.06. The van der Waals surface area contributed by atoms with Crippen LogP contribution in [0.5, 0.6) is 0 Å². The molecule has 0 saturated carbocycles. The van der Waals surface area contributed by atoms with Gasteiger partial charge in [0, 0.05) is 18.2 Å². The lowest BCUT2D eigenvalue weighted by molar-refractivity contribution is 0.493. The fourth-order valence-corrected chi connectivity index (χ4v) is 2.35. The molecule has 0 aliphatic heterocycles.